The molecule has 1 aromatic heterocycles. The summed E-state index contributed by atoms with van der Waals surface area (Å²) in [6.07, 6.45) is 6.37. The highest BCUT2D eigenvalue weighted by Gasteiger charge is 2.38. The summed E-state index contributed by atoms with van der Waals surface area (Å²) < 4.78 is 5.63. The second-order valence-electron chi connectivity index (χ2n) is 5.82. The van der Waals surface area contributed by atoms with E-state index >= 15 is 0 Å². The molecule has 1 saturated heterocycles. The zero-order chi connectivity index (χ0) is 13.3. The van der Waals surface area contributed by atoms with E-state index in [1.54, 1.807) is 7.11 Å². The molecule has 0 bridgehead atoms. The van der Waals surface area contributed by atoms with Gasteiger partial charge < -0.3 is 15.4 Å². The highest BCUT2D eigenvalue weighted by molar-refractivity contribution is 5.29. The van der Waals surface area contributed by atoms with Crippen LogP contribution in [-0.2, 0) is 11.2 Å². The number of aromatic amines is 1. The summed E-state index contributed by atoms with van der Waals surface area (Å²) in [5.41, 5.74) is 5.92. The van der Waals surface area contributed by atoms with Crippen molar-refractivity contribution in [3.8, 4) is 0 Å². The number of methoxy groups -OCH3 is 1. The maximum atomic E-state index is 5.92. The highest BCUT2D eigenvalue weighted by atomic mass is 16.5. The molecule has 1 aliphatic carbocycles. The summed E-state index contributed by atoms with van der Waals surface area (Å²) in [4.78, 5) is 6.82. The second kappa shape index (κ2) is 5.09. The normalized spacial score (nSPS) is 23.4. The Labute approximate surface area is 113 Å². The predicted molar refractivity (Wildman–Crippen MR) is 73.1 cm³/mol. The van der Waals surface area contributed by atoms with Crippen LogP contribution in [0.4, 0.5) is 5.95 Å². The van der Waals surface area contributed by atoms with Gasteiger partial charge in [0.1, 0.15) is 5.82 Å². The van der Waals surface area contributed by atoms with Crippen molar-refractivity contribution in [2.45, 2.75) is 50.2 Å². The average Bonchev–Trinajstić information content (AvgIpc) is 2.83. The Kier molecular flexibility index (Phi) is 3.45. The lowest BCUT2D eigenvalue weighted by atomic mass is 9.77. The lowest BCUT2D eigenvalue weighted by Crippen LogP contribution is -2.41. The van der Waals surface area contributed by atoms with Crippen LogP contribution in [0, 0.1) is 0 Å². The van der Waals surface area contributed by atoms with E-state index in [0.717, 1.165) is 57.0 Å². The summed E-state index contributed by atoms with van der Waals surface area (Å²) in [7, 11) is 1.79. The Morgan fingerprint density at radius 2 is 2.16 bits per heavy atom. The van der Waals surface area contributed by atoms with E-state index in [1.807, 2.05) is 0 Å². The molecule has 106 valence electrons. The maximum absolute atomic E-state index is 5.92. The third kappa shape index (κ3) is 2.60. The van der Waals surface area contributed by atoms with Crippen molar-refractivity contribution >= 4 is 5.95 Å². The summed E-state index contributed by atoms with van der Waals surface area (Å²) >= 11 is 0. The molecule has 6 heteroatoms. The Balaban J connectivity index is 1.63. The van der Waals surface area contributed by atoms with Crippen molar-refractivity contribution in [1.82, 2.24) is 15.2 Å². The Bertz CT molecular complexity index is 415. The number of aromatic nitrogens is 3. The molecule has 2 fully saturated rings. The van der Waals surface area contributed by atoms with Crippen LogP contribution in [0.3, 0.4) is 0 Å². The molecule has 0 amide bonds. The number of hydrogen-bond acceptors (Lipinski definition) is 5. The number of H-pyrrole nitrogens is 1. The number of nitrogens with two attached hydrogens (primary N) is 1. The first kappa shape index (κ1) is 12.9. The van der Waals surface area contributed by atoms with Gasteiger partial charge in [0.2, 0.25) is 5.95 Å². The third-order valence-corrected chi connectivity index (χ3v) is 4.53. The van der Waals surface area contributed by atoms with Gasteiger partial charge in [0.15, 0.2) is 0 Å². The first-order valence-corrected chi connectivity index (χ1v) is 7.18. The van der Waals surface area contributed by atoms with Gasteiger partial charge in [-0.1, -0.05) is 0 Å². The van der Waals surface area contributed by atoms with Crippen LogP contribution < -0.4 is 10.6 Å². The smallest absolute Gasteiger partial charge is 0.244 e. The number of nitrogens with zero attached hydrogens (tertiary/aromatic N) is 3. The quantitative estimate of drug-likeness (QED) is 0.843. The molecule has 3 rings (SSSR count). The van der Waals surface area contributed by atoms with Crippen LogP contribution >= 0.6 is 0 Å². The lowest BCUT2D eigenvalue weighted by molar-refractivity contribution is -0.0720. The minimum atomic E-state index is 0.00105. The molecule has 1 aromatic rings. The van der Waals surface area contributed by atoms with Gasteiger partial charge in [0.05, 0.1) is 5.60 Å². The van der Waals surface area contributed by atoms with Crippen LogP contribution in [0.15, 0.2) is 0 Å². The number of ether oxygens (including phenoxy) is 1. The standard InChI is InChI=1S/C13H23N5O/c1-19-13(5-2-6-13)9-11-15-12(17-16-11)18-7-3-10(14)4-8-18/h10H,2-9,14H2,1H3,(H,15,16,17). The minimum Gasteiger partial charge on any atom is -0.378 e. The van der Waals surface area contributed by atoms with Crippen LogP contribution in [0.1, 0.15) is 37.9 Å². The van der Waals surface area contributed by atoms with E-state index in [0.29, 0.717) is 6.04 Å². The molecular weight excluding hydrogens is 242 g/mol. The average molecular weight is 265 g/mol. The summed E-state index contributed by atoms with van der Waals surface area (Å²) in [5, 5.41) is 7.39. The molecule has 0 unspecified atom stereocenters. The molecule has 1 aliphatic heterocycles. The van der Waals surface area contributed by atoms with E-state index in [9.17, 15) is 0 Å². The van der Waals surface area contributed by atoms with Crippen molar-refractivity contribution < 1.29 is 4.74 Å². The summed E-state index contributed by atoms with van der Waals surface area (Å²) in [6.45, 7) is 1.90. The lowest BCUT2D eigenvalue weighted by Gasteiger charge is -2.39. The number of piperidine rings is 1. The molecule has 1 saturated carbocycles. The summed E-state index contributed by atoms with van der Waals surface area (Å²) in [5.74, 6) is 1.75. The van der Waals surface area contributed by atoms with Gasteiger partial charge in [0, 0.05) is 32.7 Å². The number of nitrogens with one attached hydrogen (secondary N) is 1. The van der Waals surface area contributed by atoms with Gasteiger partial charge in [-0.2, -0.15) is 4.98 Å². The van der Waals surface area contributed by atoms with Gasteiger partial charge in [-0.3, -0.25) is 5.10 Å². The fraction of sp³-hybridized carbons (Fsp3) is 0.846. The van der Waals surface area contributed by atoms with Crippen LogP contribution in [-0.4, -0.2) is 47.0 Å². The molecule has 19 heavy (non-hydrogen) atoms. The van der Waals surface area contributed by atoms with Crippen molar-refractivity contribution in [2.75, 3.05) is 25.1 Å². The third-order valence-electron chi connectivity index (χ3n) is 4.53. The van der Waals surface area contributed by atoms with Crippen molar-refractivity contribution in [3.05, 3.63) is 5.82 Å². The van der Waals surface area contributed by atoms with Gasteiger partial charge in [0.25, 0.3) is 0 Å². The highest BCUT2D eigenvalue weighted by Crippen LogP contribution is 2.37. The van der Waals surface area contributed by atoms with E-state index in [4.69, 9.17) is 10.5 Å². The van der Waals surface area contributed by atoms with Gasteiger partial charge in [-0.05, 0) is 32.1 Å². The molecule has 2 heterocycles. The van der Waals surface area contributed by atoms with Crippen molar-refractivity contribution in [3.63, 3.8) is 0 Å². The molecule has 2 aliphatic rings. The van der Waals surface area contributed by atoms with Crippen LogP contribution in [0.25, 0.3) is 0 Å². The monoisotopic (exact) mass is 265 g/mol. The Morgan fingerprint density at radius 1 is 1.42 bits per heavy atom. The second-order valence-corrected chi connectivity index (χ2v) is 5.82. The predicted octanol–water partition coefficient (Wildman–Crippen LogP) is 0.844. The zero-order valence-corrected chi connectivity index (χ0v) is 11.6. The minimum absolute atomic E-state index is 0.00105. The molecule has 0 atom stereocenters. The van der Waals surface area contributed by atoms with Gasteiger partial charge >= 0.3 is 0 Å². The molecular formula is C13H23N5O. The van der Waals surface area contributed by atoms with E-state index in [2.05, 4.69) is 20.1 Å². The SMILES string of the molecule is COC1(Cc2nc(N3CCC(N)CC3)n[nH]2)CCC1. The Hall–Kier alpha value is -1.14. The zero-order valence-electron chi connectivity index (χ0n) is 11.6. The summed E-state index contributed by atoms with van der Waals surface area (Å²) in [6, 6.07) is 0.335. The largest absolute Gasteiger partial charge is 0.378 e. The van der Waals surface area contributed by atoms with Crippen molar-refractivity contribution in [2.24, 2.45) is 5.73 Å². The number of anilines is 1. The first-order chi connectivity index (χ1) is 9.21. The topological polar surface area (TPSA) is 80.1 Å². The van der Waals surface area contributed by atoms with Crippen molar-refractivity contribution in [1.29, 1.82) is 0 Å². The van der Waals surface area contributed by atoms with E-state index in [1.165, 1.54) is 6.42 Å². The van der Waals surface area contributed by atoms with Crippen LogP contribution in [0.5, 0.6) is 0 Å². The fourth-order valence-corrected chi connectivity index (χ4v) is 2.93. The molecule has 0 radical (unpaired) electrons. The molecule has 6 nitrogen and oxygen atoms in total. The molecule has 0 spiro atoms. The molecule has 0 aromatic carbocycles. The number of rotatable bonds is 4. The van der Waals surface area contributed by atoms with Crippen LogP contribution in [0.2, 0.25) is 0 Å². The van der Waals surface area contributed by atoms with E-state index < -0.39 is 0 Å². The van der Waals surface area contributed by atoms with Gasteiger partial charge in [-0.15, -0.1) is 5.10 Å². The van der Waals surface area contributed by atoms with Gasteiger partial charge in [-0.25, -0.2) is 0 Å². The maximum Gasteiger partial charge on any atom is 0.244 e. The molecule has 3 N–H and O–H groups in total. The van der Waals surface area contributed by atoms with E-state index in [-0.39, 0.29) is 5.60 Å². The Morgan fingerprint density at radius 3 is 2.74 bits per heavy atom. The number of hydrogen-bond donors (Lipinski definition) is 2. The first-order valence-electron chi connectivity index (χ1n) is 7.18. The fourth-order valence-electron chi connectivity index (χ4n) is 2.93.